The van der Waals surface area contributed by atoms with Gasteiger partial charge in [-0.1, -0.05) is 29.8 Å². The number of Topliss-reactive ketones (excluding diaryl/α,β-unsaturated/α-hetero) is 1. The fourth-order valence-corrected chi connectivity index (χ4v) is 4.72. The number of halogens is 1. The van der Waals surface area contributed by atoms with Crippen molar-refractivity contribution in [1.82, 2.24) is 0 Å². The normalized spacial score (nSPS) is 17.2. The molecule has 0 unspecified atom stereocenters. The standard InChI is InChI=1S/C20H20ClNO5S/c1-22(15-7-3-2-4-8-15)28(25,26)19-13-14(11-12-16(19)21)20(24)27-18-10-6-5-9-17(18)23/h2-4,7-8,11-13,18H,5-6,9-10H2,1H3/t18-/m1/s1. The van der Waals surface area contributed by atoms with E-state index in [0.29, 0.717) is 18.5 Å². The third-order valence-corrected chi connectivity index (χ3v) is 6.94. The smallest absolute Gasteiger partial charge is 0.338 e. The number of benzene rings is 2. The summed E-state index contributed by atoms with van der Waals surface area (Å²) in [6.45, 7) is 0. The van der Waals surface area contributed by atoms with Crippen molar-refractivity contribution < 1.29 is 22.7 Å². The Labute approximate surface area is 169 Å². The minimum atomic E-state index is -4.00. The summed E-state index contributed by atoms with van der Waals surface area (Å²) in [7, 11) is -2.59. The molecule has 0 radical (unpaired) electrons. The number of rotatable bonds is 5. The van der Waals surface area contributed by atoms with E-state index in [4.69, 9.17) is 16.3 Å². The lowest BCUT2D eigenvalue weighted by Crippen LogP contribution is -2.30. The van der Waals surface area contributed by atoms with Crippen LogP contribution >= 0.6 is 11.6 Å². The van der Waals surface area contributed by atoms with Crippen LogP contribution in [0.2, 0.25) is 5.02 Å². The van der Waals surface area contributed by atoms with Crippen LogP contribution in [0.3, 0.4) is 0 Å². The molecule has 8 heteroatoms. The highest BCUT2D eigenvalue weighted by atomic mass is 35.5. The molecular weight excluding hydrogens is 402 g/mol. The van der Waals surface area contributed by atoms with E-state index in [-0.39, 0.29) is 21.3 Å². The van der Waals surface area contributed by atoms with Crippen molar-refractivity contribution in [3.05, 3.63) is 59.1 Å². The zero-order valence-corrected chi connectivity index (χ0v) is 16.9. The second kappa shape index (κ2) is 8.32. The minimum absolute atomic E-state index is 0.00641. The molecule has 2 aromatic rings. The summed E-state index contributed by atoms with van der Waals surface area (Å²) < 4.78 is 32.4. The molecule has 2 aromatic carbocycles. The number of hydrogen-bond acceptors (Lipinski definition) is 5. The molecule has 0 bridgehead atoms. The summed E-state index contributed by atoms with van der Waals surface area (Å²) >= 11 is 6.12. The zero-order chi connectivity index (χ0) is 20.3. The van der Waals surface area contributed by atoms with E-state index < -0.39 is 22.1 Å². The number of esters is 1. The first-order valence-electron chi connectivity index (χ1n) is 8.88. The van der Waals surface area contributed by atoms with E-state index >= 15 is 0 Å². The topological polar surface area (TPSA) is 80.8 Å². The second-order valence-electron chi connectivity index (χ2n) is 6.56. The summed E-state index contributed by atoms with van der Waals surface area (Å²) in [6, 6.07) is 12.4. The van der Waals surface area contributed by atoms with E-state index in [2.05, 4.69) is 0 Å². The molecule has 1 saturated carbocycles. The largest absolute Gasteiger partial charge is 0.451 e. The van der Waals surface area contributed by atoms with E-state index in [1.807, 2.05) is 0 Å². The molecule has 1 atom stereocenters. The Morgan fingerprint density at radius 3 is 2.54 bits per heavy atom. The lowest BCUT2D eigenvalue weighted by Gasteiger charge is -2.22. The molecule has 0 aromatic heterocycles. The Morgan fingerprint density at radius 2 is 1.86 bits per heavy atom. The van der Waals surface area contributed by atoms with Crippen LogP contribution in [0.25, 0.3) is 0 Å². The van der Waals surface area contributed by atoms with E-state index in [1.165, 1.54) is 25.2 Å². The van der Waals surface area contributed by atoms with Gasteiger partial charge in [-0.2, -0.15) is 0 Å². The van der Waals surface area contributed by atoms with Gasteiger partial charge in [0, 0.05) is 13.5 Å². The molecule has 1 aliphatic rings. The molecular formula is C20H20ClNO5S. The fraction of sp³-hybridized carbons (Fsp3) is 0.300. The van der Waals surface area contributed by atoms with Gasteiger partial charge in [0.25, 0.3) is 10.0 Å². The molecule has 0 saturated heterocycles. The maximum Gasteiger partial charge on any atom is 0.338 e. The van der Waals surface area contributed by atoms with Crippen molar-refractivity contribution in [3.8, 4) is 0 Å². The molecule has 148 valence electrons. The summed E-state index contributed by atoms with van der Waals surface area (Å²) in [5, 5.41) is -0.00641. The Bertz CT molecular complexity index is 991. The highest BCUT2D eigenvalue weighted by molar-refractivity contribution is 7.93. The van der Waals surface area contributed by atoms with Gasteiger partial charge in [0.15, 0.2) is 11.9 Å². The molecule has 1 aliphatic carbocycles. The van der Waals surface area contributed by atoms with Gasteiger partial charge in [0.1, 0.15) is 4.90 Å². The van der Waals surface area contributed by atoms with Crippen molar-refractivity contribution in [2.24, 2.45) is 0 Å². The first-order chi connectivity index (χ1) is 13.3. The first kappa shape index (κ1) is 20.4. The van der Waals surface area contributed by atoms with Gasteiger partial charge >= 0.3 is 5.97 Å². The van der Waals surface area contributed by atoms with Crippen molar-refractivity contribution in [2.75, 3.05) is 11.4 Å². The monoisotopic (exact) mass is 421 g/mol. The number of carbonyl (C=O) groups excluding carboxylic acids is 2. The van der Waals surface area contributed by atoms with Crippen LogP contribution in [-0.2, 0) is 19.6 Å². The van der Waals surface area contributed by atoms with Crippen LogP contribution in [0.5, 0.6) is 0 Å². The summed E-state index contributed by atoms with van der Waals surface area (Å²) in [5.41, 5.74) is 0.488. The third kappa shape index (κ3) is 4.20. The Balaban J connectivity index is 1.88. The predicted octanol–water partition coefficient (Wildman–Crippen LogP) is 3.83. The average molecular weight is 422 g/mol. The van der Waals surface area contributed by atoms with Gasteiger partial charge in [-0.15, -0.1) is 0 Å². The fourth-order valence-electron chi connectivity index (χ4n) is 3.03. The van der Waals surface area contributed by atoms with E-state index in [0.717, 1.165) is 17.1 Å². The quantitative estimate of drug-likeness (QED) is 0.685. The van der Waals surface area contributed by atoms with Crippen LogP contribution in [0.4, 0.5) is 5.69 Å². The summed E-state index contributed by atoms with van der Waals surface area (Å²) in [6.07, 6.45) is 1.71. The number of ketones is 1. The highest BCUT2D eigenvalue weighted by Crippen LogP contribution is 2.29. The maximum atomic E-state index is 13.0. The molecule has 0 spiro atoms. The van der Waals surface area contributed by atoms with Crippen molar-refractivity contribution in [2.45, 2.75) is 36.7 Å². The number of sulfonamides is 1. The lowest BCUT2D eigenvalue weighted by molar-refractivity contribution is -0.129. The number of para-hydroxylation sites is 1. The lowest BCUT2D eigenvalue weighted by atomic mass is 9.96. The van der Waals surface area contributed by atoms with Gasteiger partial charge in [-0.25, -0.2) is 13.2 Å². The molecule has 0 N–H and O–H groups in total. The van der Waals surface area contributed by atoms with Gasteiger partial charge in [-0.3, -0.25) is 9.10 Å². The molecule has 3 rings (SSSR count). The first-order valence-corrected chi connectivity index (χ1v) is 10.7. The number of hydrogen-bond donors (Lipinski definition) is 0. The van der Waals surface area contributed by atoms with Crippen LogP contribution < -0.4 is 4.31 Å². The number of anilines is 1. The molecule has 6 nitrogen and oxygen atoms in total. The Kier molecular flexibility index (Phi) is 6.05. The number of ether oxygens (including phenoxy) is 1. The van der Waals surface area contributed by atoms with Crippen molar-refractivity contribution >= 4 is 39.1 Å². The SMILES string of the molecule is CN(c1ccccc1)S(=O)(=O)c1cc(C(=O)O[C@@H]2CCCCC2=O)ccc1Cl. The third-order valence-electron chi connectivity index (χ3n) is 4.67. The minimum Gasteiger partial charge on any atom is -0.451 e. The molecule has 0 aliphatic heterocycles. The molecule has 0 heterocycles. The summed E-state index contributed by atoms with van der Waals surface area (Å²) in [5.74, 6) is -0.846. The highest BCUT2D eigenvalue weighted by Gasteiger charge is 2.29. The predicted molar refractivity (Wildman–Crippen MR) is 106 cm³/mol. The number of carbonyl (C=O) groups is 2. The Morgan fingerprint density at radius 1 is 1.14 bits per heavy atom. The van der Waals surface area contributed by atoms with Gasteiger partial charge in [0.05, 0.1) is 16.3 Å². The van der Waals surface area contributed by atoms with Gasteiger partial charge in [-0.05, 0) is 49.6 Å². The van der Waals surface area contributed by atoms with Crippen LogP contribution in [-0.4, -0.2) is 33.3 Å². The van der Waals surface area contributed by atoms with E-state index in [9.17, 15) is 18.0 Å². The second-order valence-corrected chi connectivity index (χ2v) is 8.90. The van der Waals surface area contributed by atoms with Gasteiger partial charge < -0.3 is 4.74 Å². The summed E-state index contributed by atoms with van der Waals surface area (Å²) in [4.78, 5) is 24.1. The molecule has 0 amide bonds. The van der Waals surface area contributed by atoms with Crippen molar-refractivity contribution in [3.63, 3.8) is 0 Å². The average Bonchev–Trinajstić information content (AvgIpc) is 2.70. The van der Waals surface area contributed by atoms with E-state index in [1.54, 1.807) is 30.3 Å². The van der Waals surface area contributed by atoms with Crippen molar-refractivity contribution in [1.29, 1.82) is 0 Å². The van der Waals surface area contributed by atoms with Crippen LogP contribution in [0, 0.1) is 0 Å². The zero-order valence-electron chi connectivity index (χ0n) is 15.3. The molecule has 1 fully saturated rings. The number of nitrogens with zero attached hydrogens (tertiary/aromatic N) is 1. The Hall–Kier alpha value is -2.38. The molecule has 28 heavy (non-hydrogen) atoms. The van der Waals surface area contributed by atoms with Crippen LogP contribution in [0.15, 0.2) is 53.4 Å². The van der Waals surface area contributed by atoms with Gasteiger partial charge in [0.2, 0.25) is 0 Å². The van der Waals surface area contributed by atoms with Crippen LogP contribution in [0.1, 0.15) is 36.0 Å². The maximum absolute atomic E-state index is 13.0.